The highest BCUT2D eigenvalue weighted by Crippen LogP contribution is 2.40. The number of anilines is 1. The second kappa shape index (κ2) is 7.61. The Labute approximate surface area is 152 Å². The summed E-state index contributed by atoms with van der Waals surface area (Å²) in [6.07, 6.45) is 5.73. The van der Waals surface area contributed by atoms with Crippen LogP contribution in [0.25, 0.3) is 5.57 Å². The topological polar surface area (TPSA) is 67.2 Å². The van der Waals surface area contributed by atoms with Gasteiger partial charge in [0.05, 0.1) is 0 Å². The van der Waals surface area contributed by atoms with Gasteiger partial charge >= 0.3 is 0 Å². The van der Waals surface area contributed by atoms with Gasteiger partial charge in [-0.25, -0.2) is 0 Å². The summed E-state index contributed by atoms with van der Waals surface area (Å²) in [4.78, 5) is 11.0. The molecular weight excluding hydrogens is 310 g/mol. The number of allylic oxidation sites excluding steroid dienone is 2. The molecule has 0 spiro atoms. The van der Waals surface area contributed by atoms with Crippen molar-refractivity contribution in [2.24, 2.45) is 5.41 Å². The number of amides is 1. The number of nitrogens with two attached hydrogens (primary N) is 1. The number of carbonyl (C=O) groups excluding carboxylic acids is 1. The SMILES string of the molecule is CC(=O)NCCNC(C)(C)c1ccc(N)c(C2=CCC(C)(C)CC2)c1. The van der Waals surface area contributed by atoms with Crippen LogP contribution in [-0.2, 0) is 10.3 Å². The van der Waals surface area contributed by atoms with E-state index in [1.54, 1.807) is 0 Å². The first-order valence-corrected chi connectivity index (χ1v) is 9.20. The summed E-state index contributed by atoms with van der Waals surface area (Å²) in [6, 6.07) is 6.34. The molecule has 4 heteroatoms. The van der Waals surface area contributed by atoms with Gasteiger partial charge in [0.25, 0.3) is 0 Å². The summed E-state index contributed by atoms with van der Waals surface area (Å²) in [5.74, 6) is 0.00142. The number of hydrogen-bond acceptors (Lipinski definition) is 3. The van der Waals surface area contributed by atoms with Crippen molar-refractivity contribution in [3.8, 4) is 0 Å². The third kappa shape index (κ3) is 5.33. The van der Waals surface area contributed by atoms with Crippen LogP contribution in [0.5, 0.6) is 0 Å². The highest BCUT2D eigenvalue weighted by molar-refractivity contribution is 5.76. The molecule has 1 aliphatic carbocycles. The molecule has 138 valence electrons. The predicted molar refractivity (Wildman–Crippen MR) is 106 cm³/mol. The zero-order valence-electron chi connectivity index (χ0n) is 16.3. The summed E-state index contributed by atoms with van der Waals surface area (Å²) >= 11 is 0. The first-order valence-electron chi connectivity index (χ1n) is 9.20. The predicted octanol–water partition coefficient (Wildman–Crippen LogP) is 3.82. The number of nitrogens with one attached hydrogen (secondary N) is 2. The Kier molecular flexibility index (Phi) is 5.94. The molecule has 0 bridgehead atoms. The van der Waals surface area contributed by atoms with Crippen LogP contribution in [0, 0.1) is 5.41 Å². The molecule has 1 amide bonds. The Morgan fingerprint density at radius 2 is 2.00 bits per heavy atom. The van der Waals surface area contributed by atoms with E-state index in [0.29, 0.717) is 12.0 Å². The first kappa shape index (κ1) is 19.5. The third-order valence-electron chi connectivity index (χ3n) is 5.16. The number of hydrogen-bond donors (Lipinski definition) is 3. The van der Waals surface area contributed by atoms with Crippen LogP contribution < -0.4 is 16.4 Å². The van der Waals surface area contributed by atoms with E-state index in [9.17, 15) is 4.79 Å². The minimum absolute atomic E-state index is 0.00142. The lowest BCUT2D eigenvalue weighted by Crippen LogP contribution is -2.41. The fourth-order valence-corrected chi connectivity index (χ4v) is 3.26. The molecule has 0 atom stereocenters. The minimum Gasteiger partial charge on any atom is -0.398 e. The van der Waals surface area contributed by atoms with Gasteiger partial charge in [-0.1, -0.05) is 26.0 Å². The molecular formula is C21H33N3O. The van der Waals surface area contributed by atoms with Gasteiger partial charge in [0.2, 0.25) is 5.91 Å². The zero-order chi connectivity index (χ0) is 18.7. The molecule has 0 aliphatic heterocycles. The van der Waals surface area contributed by atoms with E-state index in [-0.39, 0.29) is 11.4 Å². The van der Waals surface area contributed by atoms with Crippen molar-refractivity contribution in [1.82, 2.24) is 10.6 Å². The maximum atomic E-state index is 11.0. The lowest BCUT2D eigenvalue weighted by molar-refractivity contribution is -0.118. The molecule has 0 saturated heterocycles. The molecule has 0 saturated carbocycles. The van der Waals surface area contributed by atoms with Gasteiger partial charge in [0.1, 0.15) is 0 Å². The van der Waals surface area contributed by atoms with Crippen molar-refractivity contribution >= 4 is 17.2 Å². The van der Waals surface area contributed by atoms with E-state index >= 15 is 0 Å². The molecule has 2 rings (SSSR count). The van der Waals surface area contributed by atoms with E-state index in [2.05, 4.69) is 56.5 Å². The Balaban J connectivity index is 2.15. The molecule has 4 nitrogen and oxygen atoms in total. The minimum atomic E-state index is -0.185. The van der Waals surface area contributed by atoms with Crippen molar-refractivity contribution in [2.45, 2.75) is 59.4 Å². The molecule has 0 radical (unpaired) electrons. The molecule has 0 fully saturated rings. The van der Waals surface area contributed by atoms with Gasteiger partial charge in [-0.15, -0.1) is 0 Å². The largest absolute Gasteiger partial charge is 0.398 e. The molecule has 1 aromatic rings. The quantitative estimate of drug-likeness (QED) is 0.543. The fraction of sp³-hybridized carbons (Fsp3) is 0.571. The molecule has 0 heterocycles. The van der Waals surface area contributed by atoms with E-state index in [1.165, 1.54) is 30.0 Å². The van der Waals surface area contributed by atoms with Crippen molar-refractivity contribution in [1.29, 1.82) is 0 Å². The average Bonchev–Trinajstić information content (AvgIpc) is 2.52. The van der Waals surface area contributed by atoms with Crippen LogP contribution in [0.4, 0.5) is 5.69 Å². The second-order valence-electron chi connectivity index (χ2n) is 8.43. The number of nitrogen functional groups attached to an aromatic ring is 1. The fourth-order valence-electron chi connectivity index (χ4n) is 3.26. The lowest BCUT2D eigenvalue weighted by atomic mass is 9.76. The van der Waals surface area contributed by atoms with Gasteiger partial charge in [0, 0.05) is 36.8 Å². The smallest absolute Gasteiger partial charge is 0.216 e. The average molecular weight is 344 g/mol. The number of rotatable bonds is 6. The highest BCUT2D eigenvalue weighted by atomic mass is 16.1. The van der Waals surface area contributed by atoms with Crippen molar-refractivity contribution in [3.63, 3.8) is 0 Å². The van der Waals surface area contributed by atoms with Crippen LogP contribution in [0.1, 0.15) is 65.0 Å². The van der Waals surface area contributed by atoms with Crippen LogP contribution in [0.3, 0.4) is 0 Å². The summed E-state index contributed by atoms with van der Waals surface area (Å²) in [5, 5.41) is 6.34. The number of benzene rings is 1. The van der Waals surface area contributed by atoms with E-state index < -0.39 is 0 Å². The van der Waals surface area contributed by atoms with Gasteiger partial charge in [0.15, 0.2) is 0 Å². The lowest BCUT2D eigenvalue weighted by Gasteiger charge is -2.31. The standard InChI is InChI=1S/C21H33N3O/c1-15(25)23-12-13-24-21(4,5)17-6-7-19(22)18(14-17)16-8-10-20(2,3)11-9-16/h6-8,14,24H,9-13,22H2,1-5H3,(H,23,25). The third-order valence-corrected chi connectivity index (χ3v) is 5.16. The molecule has 0 aromatic heterocycles. The van der Waals surface area contributed by atoms with Crippen molar-refractivity contribution < 1.29 is 4.79 Å². The summed E-state index contributed by atoms with van der Waals surface area (Å²) in [7, 11) is 0. The molecule has 4 N–H and O–H groups in total. The maximum Gasteiger partial charge on any atom is 0.216 e. The van der Waals surface area contributed by atoms with Gasteiger partial charge in [-0.05, 0) is 61.8 Å². The maximum absolute atomic E-state index is 11.0. The van der Waals surface area contributed by atoms with Gasteiger partial charge in [-0.3, -0.25) is 4.79 Å². The summed E-state index contributed by atoms with van der Waals surface area (Å²) in [6.45, 7) is 11.9. The Bertz CT molecular complexity index is 659. The van der Waals surface area contributed by atoms with Crippen LogP contribution in [0.2, 0.25) is 0 Å². The van der Waals surface area contributed by atoms with Crippen LogP contribution >= 0.6 is 0 Å². The van der Waals surface area contributed by atoms with Crippen molar-refractivity contribution in [3.05, 3.63) is 35.4 Å². The van der Waals surface area contributed by atoms with Gasteiger partial charge < -0.3 is 16.4 Å². The molecule has 25 heavy (non-hydrogen) atoms. The van der Waals surface area contributed by atoms with Crippen LogP contribution in [-0.4, -0.2) is 19.0 Å². The van der Waals surface area contributed by atoms with Crippen LogP contribution in [0.15, 0.2) is 24.3 Å². The van der Waals surface area contributed by atoms with E-state index in [1.807, 2.05) is 6.07 Å². The second-order valence-corrected chi connectivity index (χ2v) is 8.43. The monoisotopic (exact) mass is 343 g/mol. The first-order chi connectivity index (χ1) is 11.6. The van der Waals surface area contributed by atoms with E-state index in [4.69, 9.17) is 5.73 Å². The Hall–Kier alpha value is -1.81. The zero-order valence-corrected chi connectivity index (χ0v) is 16.3. The highest BCUT2D eigenvalue weighted by Gasteiger charge is 2.25. The number of carbonyl (C=O) groups is 1. The van der Waals surface area contributed by atoms with Gasteiger partial charge in [-0.2, -0.15) is 0 Å². The Morgan fingerprint density at radius 3 is 2.60 bits per heavy atom. The Morgan fingerprint density at radius 1 is 1.28 bits per heavy atom. The molecule has 1 aliphatic rings. The summed E-state index contributed by atoms with van der Waals surface area (Å²) < 4.78 is 0. The molecule has 0 unspecified atom stereocenters. The van der Waals surface area contributed by atoms with Crippen molar-refractivity contribution in [2.75, 3.05) is 18.8 Å². The van der Waals surface area contributed by atoms with E-state index in [0.717, 1.165) is 25.1 Å². The summed E-state index contributed by atoms with van der Waals surface area (Å²) in [5.41, 5.74) is 11.1. The molecule has 1 aromatic carbocycles. The normalized spacial score (nSPS) is 17.1.